The number of carbonyl (C=O) groups is 1. The minimum atomic E-state index is -0.261. The van der Waals surface area contributed by atoms with Crippen molar-refractivity contribution in [3.05, 3.63) is 87.9 Å². The van der Waals surface area contributed by atoms with Gasteiger partial charge in [-0.2, -0.15) is 0 Å². The average Bonchev–Trinajstić information content (AvgIpc) is 3.22. The first kappa shape index (κ1) is 22.1. The number of halogens is 2. The number of nitrogens with one attached hydrogen (secondary N) is 1. The van der Waals surface area contributed by atoms with E-state index in [4.69, 9.17) is 27.6 Å². The number of fused-ring (bicyclic) bond motifs is 1. The summed E-state index contributed by atoms with van der Waals surface area (Å²) in [6.45, 7) is 4.38. The van der Waals surface area contributed by atoms with E-state index >= 15 is 0 Å². The summed E-state index contributed by atoms with van der Waals surface area (Å²) in [5, 5.41) is 3.86. The SMILES string of the molecule is CC[C@H](C)c1ccc2oc(-c3ccc(NC(=O)/C=C/c4ccc(Cl)cc4Cl)cc3)nc2c1. The average molecular weight is 465 g/mol. The van der Waals surface area contributed by atoms with E-state index in [1.807, 2.05) is 30.3 Å². The molecule has 1 amide bonds. The maximum Gasteiger partial charge on any atom is 0.248 e. The first-order valence-electron chi connectivity index (χ1n) is 10.4. The van der Waals surface area contributed by atoms with Crippen LogP contribution in [0.3, 0.4) is 0 Å². The molecule has 0 saturated heterocycles. The zero-order valence-corrected chi connectivity index (χ0v) is 19.2. The van der Waals surface area contributed by atoms with Gasteiger partial charge in [-0.3, -0.25) is 4.79 Å². The number of hydrogen-bond acceptors (Lipinski definition) is 3. The summed E-state index contributed by atoms with van der Waals surface area (Å²) < 4.78 is 5.92. The number of nitrogens with zero attached hydrogens (tertiary/aromatic N) is 1. The molecule has 0 aliphatic carbocycles. The Kier molecular flexibility index (Phi) is 6.63. The second-order valence-electron chi connectivity index (χ2n) is 7.62. The van der Waals surface area contributed by atoms with Crippen molar-refractivity contribution in [2.45, 2.75) is 26.2 Å². The summed E-state index contributed by atoms with van der Waals surface area (Å²) in [6.07, 6.45) is 4.15. The molecule has 4 nitrogen and oxygen atoms in total. The molecule has 0 bridgehead atoms. The van der Waals surface area contributed by atoms with Crippen LogP contribution in [0.2, 0.25) is 10.0 Å². The Morgan fingerprint density at radius 1 is 1.09 bits per heavy atom. The first-order chi connectivity index (χ1) is 15.4. The van der Waals surface area contributed by atoms with Gasteiger partial charge in [-0.25, -0.2) is 4.98 Å². The fourth-order valence-electron chi connectivity index (χ4n) is 3.29. The van der Waals surface area contributed by atoms with Gasteiger partial charge in [0.25, 0.3) is 0 Å². The minimum Gasteiger partial charge on any atom is -0.436 e. The van der Waals surface area contributed by atoms with Gasteiger partial charge in [0.2, 0.25) is 11.8 Å². The second-order valence-corrected chi connectivity index (χ2v) is 8.46. The molecule has 0 fully saturated rings. The summed E-state index contributed by atoms with van der Waals surface area (Å²) in [6, 6.07) is 18.6. The van der Waals surface area contributed by atoms with Crippen molar-refractivity contribution in [1.82, 2.24) is 4.98 Å². The highest BCUT2D eigenvalue weighted by atomic mass is 35.5. The van der Waals surface area contributed by atoms with Gasteiger partial charge < -0.3 is 9.73 Å². The number of amides is 1. The predicted molar refractivity (Wildman–Crippen MR) is 132 cm³/mol. The van der Waals surface area contributed by atoms with E-state index in [1.54, 1.807) is 24.3 Å². The maximum atomic E-state index is 12.3. The standard InChI is InChI=1S/C26H22Cl2N2O2/c1-3-16(2)19-7-12-24-23(14-19)30-26(32-24)18-5-10-21(11-6-18)29-25(31)13-8-17-4-9-20(27)15-22(17)28/h4-16H,3H2,1-2H3,(H,29,31)/b13-8+/t16-/m0/s1. The normalized spacial score (nSPS) is 12.4. The van der Waals surface area contributed by atoms with Crippen molar-refractivity contribution >= 4 is 52.0 Å². The molecule has 0 aliphatic rings. The predicted octanol–water partition coefficient (Wildman–Crippen LogP) is 7.97. The van der Waals surface area contributed by atoms with Crippen LogP contribution in [0.25, 0.3) is 28.6 Å². The lowest BCUT2D eigenvalue weighted by Gasteiger charge is -2.07. The third-order valence-electron chi connectivity index (χ3n) is 5.37. The Morgan fingerprint density at radius 2 is 1.88 bits per heavy atom. The quantitative estimate of drug-likeness (QED) is 0.294. The van der Waals surface area contributed by atoms with Crippen LogP contribution in [-0.4, -0.2) is 10.9 Å². The first-order valence-corrected chi connectivity index (χ1v) is 11.1. The highest BCUT2D eigenvalue weighted by Gasteiger charge is 2.11. The Labute approximate surface area is 196 Å². The topological polar surface area (TPSA) is 55.1 Å². The molecule has 1 heterocycles. The lowest BCUT2D eigenvalue weighted by molar-refractivity contribution is -0.111. The monoisotopic (exact) mass is 464 g/mol. The molecular weight excluding hydrogens is 443 g/mol. The van der Waals surface area contributed by atoms with E-state index in [1.165, 1.54) is 11.6 Å². The van der Waals surface area contributed by atoms with Crippen molar-refractivity contribution in [2.24, 2.45) is 0 Å². The van der Waals surface area contributed by atoms with Crippen LogP contribution < -0.4 is 5.32 Å². The molecule has 1 atom stereocenters. The molecule has 1 N–H and O–H groups in total. The molecule has 6 heteroatoms. The number of anilines is 1. The van der Waals surface area contributed by atoms with Crippen LogP contribution in [0, 0.1) is 0 Å². The van der Waals surface area contributed by atoms with Crippen molar-refractivity contribution in [2.75, 3.05) is 5.32 Å². The highest BCUT2D eigenvalue weighted by molar-refractivity contribution is 6.35. The van der Waals surface area contributed by atoms with E-state index in [2.05, 4.69) is 36.3 Å². The van der Waals surface area contributed by atoms with E-state index in [0.29, 0.717) is 33.1 Å². The van der Waals surface area contributed by atoms with Crippen LogP contribution in [0.15, 0.2) is 71.2 Å². The molecule has 0 spiro atoms. The largest absolute Gasteiger partial charge is 0.436 e. The van der Waals surface area contributed by atoms with Gasteiger partial charge in [0.15, 0.2) is 5.58 Å². The molecular formula is C26H22Cl2N2O2. The number of oxazole rings is 1. The Morgan fingerprint density at radius 3 is 2.59 bits per heavy atom. The lowest BCUT2D eigenvalue weighted by atomic mass is 9.98. The van der Waals surface area contributed by atoms with Crippen molar-refractivity contribution in [1.29, 1.82) is 0 Å². The second kappa shape index (κ2) is 9.60. The zero-order chi connectivity index (χ0) is 22.7. The smallest absolute Gasteiger partial charge is 0.248 e. The number of hydrogen-bond donors (Lipinski definition) is 1. The molecule has 4 rings (SSSR count). The van der Waals surface area contributed by atoms with Gasteiger partial charge in [-0.1, -0.05) is 49.2 Å². The van der Waals surface area contributed by atoms with E-state index in [-0.39, 0.29) is 5.91 Å². The molecule has 0 aliphatic heterocycles. The lowest BCUT2D eigenvalue weighted by Crippen LogP contribution is -2.07. The summed E-state index contributed by atoms with van der Waals surface area (Å²) in [5.74, 6) is 0.770. The molecule has 0 unspecified atom stereocenters. The molecule has 32 heavy (non-hydrogen) atoms. The van der Waals surface area contributed by atoms with Crippen LogP contribution in [-0.2, 0) is 4.79 Å². The van der Waals surface area contributed by atoms with E-state index < -0.39 is 0 Å². The summed E-state index contributed by atoms with van der Waals surface area (Å²) in [4.78, 5) is 16.9. The van der Waals surface area contributed by atoms with Crippen molar-refractivity contribution < 1.29 is 9.21 Å². The number of benzene rings is 3. The van der Waals surface area contributed by atoms with Gasteiger partial charge in [0, 0.05) is 27.4 Å². The van der Waals surface area contributed by atoms with Crippen LogP contribution >= 0.6 is 23.2 Å². The highest BCUT2D eigenvalue weighted by Crippen LogP contribution is 2.28. The van der Waals surface area contributed by atoms with Gasteiger partial charge in [0.05, 0.1) is 0 Å². The van der Waals surface area contributed by atoms with Gasteiger partial charge in [-0.15, -0.1) is 0 Å². The molecule has 0 radical (unpaired) electrons. The number of rotatable bonds is 6. The molecule has 3 aromatic carbocycles. The third kappa shape index (κ3) is 5.04. The van der Waals surface area contributed by atoms with Crippen LogP contribution in [0.4, 0.5) is 5.69 Å². The fraction of sp³-hybridized carbons (Fsp3) is 0.154. The zero-order valence-electron chi connectivity index (χ0n) is 17.7. The third-order valence-corrected chi connectivity index (χ3v) is 5.93. The minimum absolute atomic E-state index is 0.261. The van der Waals surface area contributed by atoms with Crippen LogP contribution in [0.5, 0.6) is 0 Å². The van der Waals surface area contributed by atoms with Crippen molar-refractivity contribution in [3.63, 3.8) is 0 Å². The van der Waals surface area contributed by atoms with Gasteiger partial charge in [0.1, 0.15) is 5.52 Å². The Balaban J connectivity index is 1.45. The number of carbonyl (C=O) groups excluding carboxylic acids is 1. The fourth-order valence-corrected chi connectivity index (χ4v) is 3.76. The Hall–Kier alpha value is -3.08. The van der Waals surface area contributed by atoms with E-state index in [9.17, 15) is 4.79 Å². The number of aromatic nitrogens is 1. The summed E-state index contributed by atoms with van der Waals surface area (Å²) >= 11 is 12.0. The molecule has 0 saturated carbocycles. The van der Waals surface area contributed by atoms with Gasteiger partial charge in [-0.05, 0) is 78.1 Å². The summed E-state index contributed by atoms with van der Waals surface area (Å²) in [5.41, 5.74) is 5.09. The van der Waals surface area contributed by atoms with Gasteiger partial charge >= 0.3 is 0 Å². The van der Waals surface area contributed by atoms with E-state index in [0.717, 1.165) is 23.1 Å². The van der Waals surface area contributed by atoms with Crippen molar-refractivity contribution in [3.8, 4) is 11.5 Å². The van der Waals surface area contributed by atoms with Crippen LogP contribution in [0.1, 0.15) is 37.3 Å². The molecule has 162 valence electrons. The summed E-state index contributed by atoms with van der Waals surface area (Å²) in [7, 11) is 0. The Bertz CT molecular complexity index is 1290. The molecule has 1 aromatic heterocycles. The maximum absolute atomic E-state index is 12.3. The molecule has 4 aromatic rings.